The van der Waals surface area contributed by atoms with Crippen LogP contribution >= 0.6 is 0 Å². The SMILES string of the molecule is CC(=O)c1cccc(NC(=O)[C@H](C)N2CCN(c3ccccc3O)CC2)c1. The summed E-state index contributed by atoms with van der Waals surface area (Å²) in [5.41, 5.74) is 2.04. The first-order valence-electron chi connectivity index (χ1n) is 9.14. The third kappa shape index (κ3) is 4.46. The average Bonchev–Trinajstić information content (AvgIpc) is 2.68. The first-order chi connectivity index (χ1) is 13.0. The highest BCUT2D eigenvalue weighted by molar-refractivity contribution is 5.98. The lowest BCUT2D eigenvalue weighted by atomic mass is 10.1. The number of benzene rings is 2. The van der Waals surface area contributed by atoms with E-state index in [1.54, 1.807) is 30.3 Å². The second-order valence-corrected chi connectivity index (χ2v) is 6.81. The number of piperazine rings is 1. The van der Waals surface area contributed by atoms with Gasteiger partial charge < -0.3 is 15.3 Å². The van der Waals surface area contributed by atoms with Crippen LogP contribution in [0, 0.1) is 0 Å². The Bertz CT molecular complexity index is 829. The number of nitrogens with zero attached hydrogens (tertiary/aromatic N) is 2. The lowest BCUT2D eigenvalue weighted by molar-refractivity contribution is -0.120. The maximum absolute atomic E-state index is 12.6. The second-order valence-electron chi connectivity index (χ2n) is 6.81. The van der Waals surface area contributed by atoms with Gasteiger partial charge in [0, 0.05) is 37.4 Å². The van der Waals surface area contributed by atoms with E-state index in [1.165, 1.54) is 6.92 Å². The van der Waals surface area contributed by atoms with Gasteiger partial charge >= 0.3 is 0 Å². The summed E-state index contributed by atoms with van der Waals surface area (Å²) < 4.78 is 0. The molecule has 2 N–H and O–H groups in total. The molecule has 6 heteroatoms. The second kappa shape index (κ2) is 8.22. The molecule has 27 heavy (non-hydrogen) atoms. The summed E-state index contributed by atoms with van der Waals surface area (Å²) in [6.45, 7) is 6.35. The monoisotopic (exact) mass is 367 g/mol. The van der Waals surface area contributed by atoms with Crippen LogP contribution in [0.3, 0.4) is 0 Å². The molecule has 0 bridgehead atoms. The normalized spacial score (nSPS) is 16.0. The molecule has 142 valence electrons. The molecule has 1 heterocycles. The van der Waals surface area contributed by atoms with E-state index in [0.717, 1.165) is 31.9 Å². The van der Waals surface area contributed by atoms with E-state index < -0.39 is 0 Å². The predicted octanol–water partition coefficient (Wildman–Crippen LogP) is 2.74. The van der Waals surface area contributed by atoms with Crippen LogP contribution in [0.15, 0.2) is 48.5 Å². The van der Waals surface area contributed by atoms with Gasteiger partial charge in [-0.3, -0.25) is 14.5 Å². The Kier molecular flexibility index (Phi) is 5.76. The fourth-order valence-corrected chi connectivity index (χ4v) is 3.31. The molecule has 1 saturated heterocycles. The predicted molar refractivity (Wildman–Crippen MR) is 106 cm³/mol. The molecule has 1 aliphatic rings. The highest BCUT2D eigenvalue weighted by Crippen LogP contribution is 2.27. The van der Waals surface area contributed by atoms with Gasteiger partial charge in [0.1, 0.15) is 5.75 Å². The quantitative estimate of drug-likeness (QED) is 0.795. The number of nitrogens with one attached hydrogen (secondary N) is 1. The lowest BCUT2D eigenvalue weighted by Crippen LogP contribution is -2.52. The summed E-state index contributed by atoms with van der Waals surface area (Å²) in [6, 6.07) is 14.0. The molecule has 0 saturated carbocycles. The number of phenols is 1. The molecule has 3 rings (SSSR count). The molecule has 2 aromatic rings. The van der Waals surface area contributed by atoms with Gasteiger partial charge in [-0.2, -0.15) is 0 Å². The molecule has 0 radical (unpaired) electrons. The van der Waals surface area contributed by atoms with Crippen molar-refractivity contribution in [2.75, 3.05) is 36.4 Å². The Morgan fingerprint density at radius 3 is 2.41 bits per heavy atom. The zero-order valence-electron chi connectivity index (χ0n) is 15.7. The molecule has 1 aliphatic heterocycles. The fourth-order valence-electron chi connectivity index (χ4n) is 3.31. The van der Waals surface area contributed by atoms with E-state index in [4.69, 9.17) is 0 Å². The Hall–Kier alpha value is -2.86. The van der Waals surface area contributed by atoms with Crippen LogP contribution in [-0.4, -0.2) is 53.9 Å². The number of aromatic hydroxyl groups is 1. The number of para-hydroxylation sites is 2. The molecule has 6 nitrogen and oxygen atoms in total. The molecular weight excluding hydrogens is 342 g/mol. The molecule has 1 amide bonds. The minimum Gasteiger partial charge on any atom is -0.506 e. The van der Waals surface area contributed by atoms with Crippen LogP contribution < -0.4 is 10.2 Å². The van der Waals surface area contributed by atoms with Gasteiger partial charge in [0.25, 0.3) is 0 Å². The van der Waals surface area contributed by atoms with Gasteiger partial charge in [-0.15, -0.1) is 0 Å². The van der Waals surface area contributed by atoms with Crippen molar-refractivity contribution in [3.05, 3.63) is 54.1 Å². The molecule has 0 aromatic heterocycles. The zero-order chi connectivity index (χ0) is 19.4. The highest BCUT2D eigenvalue weighted by Gasteiger charge is 2.26. The van der Waals surface area contributed by atoms with Crippen molar-refractivity contribution in [1.82, 2.24) is 4.90 Å². The van der Waals surface area contributed by atoms with Gasteiger partial charge in [0.05, 0.1) is 11.7 Å². The smallest absolute Gasteiger partial charge is 0.241 e. The lowest BCUT2D eigenvalue weighted by Gasteiger charge is -2.38. The maximum atomic E-state index is 12.6. The maximum Gasteiger partial charge on any atom is 0.241 e. The number of Topliss-reactive ketones (excluding diaryl/α,β-unsaturated/α-hetero) is 1. The standard InChI is InChI=1S/C21H25N3O3/c1-15(21(27)22-18-7-5-6-17(14-18)16(2)25)23-10-12-24(13-11-23)19-8-3-4-9-20(19)26/h3-9,14-15,26H,10-13H2,1-2H3,(H,22,27)/t15-/m0/s1. The number of hydrogen-bond donors (Lipinski definition) is 2. The summed E-state index contributed by atoms with van der Waals surface area (Å²) in [4.78, 5) is 28.4. The molecule has 0 spiro atoms. The first-order valence-corrected chi connectivity index (χ1v) is 9.14. The van der Waals surface area contributed by atoms with E-state index in [0.29, 0.717) is 11.3 Å². The number of carbonyl (C=O) groups is 2. The summed E-state index contributed by atoms with van der Waals surface area (Å²) >= 11 is 0. The molecular formula is C21H25N3O3. The van der Waals surface area contributed by atoms with Gasteiger partial charge in [0.2, 0.25) is 5.91 Å². The van der Waals surface area contributed by atoms with Crippen LogP contribution in [0.1, 0.15) is 24.2 Å². The van der Waals surface area contributed by atoms with Crippen molar-refractivity contribution < 1.29 is 14.7 Å². The van der Waals surface area contributed by atoms with Gasteiger partial charge in [-0.1, -0.05) is 24.3 Å². The van der Waals surface area contributed by atoms with Crippen LogP contribution in [0.2, 0.25) is 0 Å². The number of rotatable bonds is 5. The minimum absolute atomic E-state index is 0.0283. The van der Waals surface area contributed by atoms with E-state index >= 15 is 0 Å². The number of phenolic OH excluding ortho intramolecular Hbond substituents is 1. The van der Waals surface area contributed by atoms with Crippen LogP contribution in [-0.2, 0) is 4.79 Å². The highest BCUT2D eigenvalue weighted by atomic mass is 16.3. The minimum atomic E-state index is -0.280. The fraction of sp³-hybridized carbons (Fsp3) is 0.333. The molecule has 1 fully saturated rings. The molecule has 0 aliphatic carbocycles. The Morgan fingerprint density at radius 2 is 1.74 bits per heavy atom. The number of ketones is 1. The summed E-state index contributed by atoms with van der Waals surface area (Å²) in [7, 11) is 0. The number of carbonyl (C=O) groups excluding carboxylic acids is 2. The molecule has 1 atom stereocenters. The summed E-state index contributed by atoms with van der Waals surface area (Å²) in [6.07, 6.45) is 0. The average molecular weight is 367 g/mol. The number of amides is 1. The zero-order valence-corrected chi connectivity index (χ0v) is 15.7. The number of anilines is 2. The largest absolute Gasteiger partial charge is 0.506 e. The van der Waals surface area contributed by atoms with Crippen molar-refractivity contribution in [1.29, 1.82) is 0 Å². The van der Waals surface area contributed by atoms with Crippen molar-refractivity contribution in [3.63, 3.8) is 0 Å². The van der Waals surface area contributed by atoms with Gasteiger partial charge in [-0.05, 0) is 38.1 Å². The van der Waals surface area contributed by atoms with Gasteiger partial charge in [0.15, 0.2) is 5.78 Å². The van der Waals surface area contributed by atoms with E-state index in [-0.39, 0.29) is 23.5 Å². The molecule has 2 aromatic carbocycles. The topological polar surface area (TPSA) is 72.9 Å². The Morgan fingerprint density at radius 1 is 1.04 bits per heavy atom. The van der Waals surface area contributed by atoms with Crippen LogP contribution in [0.5, 0.6) is 5.75 Å². The summed E-state index contributed by atoms with van der Waals surface area (Å²) in [5.74, 6) is 0.160. The van der Waals surface area contributed by atoms with Crippen molar-refractivity contribution in [2.24, 2.45) is 0 Å². The van der Waals surface area contributed by atoms with Crippen LogP contribution in [0.25, 0.3) is 0 Å². The first kappa shape index (κ1) is 18.9. The molecule has 0 unspecified atom stereocenters. The Labute approximate surface area is 159 Å². The van der Waals surface area contributed by atoms with E-state index in [1.807, 2.05) is 25.1 Å². The van der Waals surface area contributed by atoms with Crippen molar-refractivity contribution in [2.45, 2.75) is 19.9 Å². The third-order valence-electron chi connectivity index (χ3n) is 5.00. The van der Waals surface area contributed by atoms with Crippen molar-refractivity contribution >= 4 is 23.1 Å². The van der Waals surface area contributed by atoms with Crippen LogP contribution in [0.4, 0.5) is 11.4 Å². The Balaban J connectivity index is 1.58. The van der Waals surface area contributed by atoms with E-state index in [9.17, 15) is 14.7 Å². The summed E-state index contributed by atoms with van der Waals surface area (Å²) in [5, 5.41) is 12.9. The van der Waals surface area contributed by atoms with Crippen molar-refractivity contribution in [3.8, 4) is 5.75 Å². The third-order valence-corrected chi connectivity index (χ3v) is 5.00. The number of hydrogen-bond acceptors (Lipinski definition) is 5. The van der Waals surface area contributed by atoms with Gasteiger partial charge in [-0.25, -0.2) is 0 Å². The van der Waals surface area contributed by atoms with E-state index in [2.05, 4.69) is 15.1 Å².